The second kappa shape index (κ2) is 8.52. The van der Waals surface area contributed by atoms with E-state index in [1.807, 2.05) is 0 Å². The molecule has 0 heterocycles. The van der Waals surface area contributed by atoms with E-state index in [0.29, 0.717) is 25.2 Å². The Kier molecular flexibility index (Phi) is 6.68. The van der Waals surface area contributed by atoms with Crippen molar-refractivity contribution in [2.75, 3.05) is 26.4 Å². The largest absolute Gasteiger partial charge is 0.379 e. The van der Waals surface area contributed by atoms with Crippen molar-refractivity contribution in [1.29, 1.82) is 0 Å². The van der Waals surface area contributed by atoms with Gasteiger partial charge in [0.15, 0.2) is 0 Å². The number of ether oxygens (including phenoxy) is 2. The highest BCUT2D eigenvalue weighted by Crippen LogP contribution is 2.33. The molecule has 0 bridgehead atoms. The third-order valence-corrected chi connectivity index (χ3v) is 3.81. The van der Waals surface area contributed by atoms with Gasteiger partial charge in [0.1, 0.15) is 0 Å². The van der Waals surface area contributed by atoms with Gasteiger partial charge < -0.3 is 14.8 Å². The maximum atomic E-state index is 6.09. The fraction of sp³-hybridized carbons (Fsp3) is 0.667. The normalized spacial score (nSPS) is 21.0. The summed E-state index contributed by atoms with van der Waals surface area (Å²) in [6, 6.07) is 9.00. The van der Waals surface area contributed by atoms with Crippen molar-refractivity contribution in [3.63, 3.8) is 0 Å². The van der Waals surface area contributed by atoms with Crippen LogP contribution in [0.25, 0.3) is 0 Å². The molecule has 0 saturated heterocycles. The van der Waals surface area contributed by atoms with Crippen LogP contribution in [0, 0.1) is 5.92 Å². The summed E-state index contributed by atoms with van der Waals surface area (Å²) >= 11 is 0. The van der Waals surface area contributed by atoms with E-state index in [4.69, 9.17) is 9.47 Å². The zero-order valence-corrected chi connectivity index (χ0v) is 13.6. The highest BCUT2D eigenvalue weighted by Gasteiger charge is 2.32. The van der Waals surface area contributed by atoms with E-state index in [1.165, 1.54) is 11.1 Å². The summed E-state index contributed by atoms with van der Waals surface area (Å²) in [7, 11) is 0. The average molecular weight is 291 g/mol. The first kappa shape index (κ1) is 16.5. The lowest BCUT2D eigenvalue weighted by molar-refractivity contribution is -0.0107. The minimum Gasteiger partial charge on any atom is -0.379 e. The Morgan fingerprint density at radius 3 is 2.81 bits per heavy atom. The van der Waals surface area contributed by atoms with Crippen LogP contribution >= 0.6 is 0 Å². The lowest BCUT2D eigenvalue weighted by Crippen LogP contribution is -2.32. The van der Waals surface area contributed by atoms with Gasteiger partial charge >= 0.3 is 0 Å². The van der Waals surface area contributed by atoms with Crippen molar-refractivity contribution in [2.24, 2.45) is 5.92 Å². The minimum atomic E-state index is 0.233. The van der Waals surface area contributed by atoms with Gasteiger partial charge in [-0.3, -0.25) is 0 Å². The number of fused-ring (bicyclic) bond motifs is 1. The van der Waals surface area contributed by atoms with E-state index in [1.54, 1.807) is 0 Å². The summed E-state index contributed by atoms with van der Waals surface area (Å²) < 4.78 is 11.7. The molecular formula is C18H29NO2. The summed E-state index contributed by atoms with van der Waals surface area (Å²) in [4.78, 5) is 0. The molecule has 0 radical (unpaired) electrons. The molecule has 2 rings (SSSR count). The molecule has 3 nitrogen and oxygen atoms in total. The highest BCUT2D eigenvalue weighted by molar-refractivity contribution is 5.36. The topological polar surface area (TPSA) is 30.5 Å². The molecule has 3 heteroatoms. The molecule has 1 aromatic carbocycles. The molecule has 0 aliphatic heterocycles. The Hall–Kier alpha value is -0.900. The second-order valence-corrected chi connectivity index (χ2v) is 6.21. The van der Waals surface area contributed by atoms with Crippen LogP contribution in [0.3, 0.4) is 0 Å². The molecule has 0 saturated carbocycles. The lowest BCUT2D eigenvalue weighted by atomic mass is 10.1. The monoisotopic (exact) mass is 291 g/mol. The zero-order valence-electron chi connectivity index (χ0n) is 13.6. The van der Waals surface area contributed by atoms with Gasteiger partial charge in [-0.15, -0.1) is 0 Å². The van der Waals surface area contributed by atoms with Crippen molar-refractivity contribution in [3.8, 4) is 0 Å². The van der Waals surface area contributed by atoms with Crippen molar-refractivity contribution >= 4 is 0 Å². The number of rotatable bonds is 9. The van der Waals surface area contributed by atoms with Gasteiger partial charge in [0.2, 0.25) is 0 Å². The molecule has 1 N–H and O–H groups in total. The van der Waals surface area contributed by atoms with Gasteiger partial charge in [0.05, 0.1) is 25.4 Å². The van der Waals surface area contributed by atoms with Crippen LogP contribution in [0.2, 0.25) is 0 Å². The van der Waals surface area contributed by atoms with E-state index in [-0.39, 0.29) is 6.10 Å². The first-order valence-corrected chi connectivity index (χ1v) is 8.23. The molecule has 118 valence electrons. The maximum absolute atomic E-state index is 6.09. The SMILES string of the molecule is CCCNC1c2ccccc2CC1OCCOCC(C)C. The Morgan fingerprint density at radius 1 is 1.24 bits per heavy atom. The van der Waals surface area contributed by atoms with E-state index in [0.717, 1.165) is 26.0 Å². The molecule has 2 unspecified atom stereocenters. The summed E-state index contributed by atoms with van der Waals surface area (Å²) in [6.45, 7) is 9.73. The molecule has 0 aromatic heterocycles. The predicted molar refractivity (Wildman–Crippen MR) is 86.6 cm³/mol. The quantitative estimate of drug-likeness (QED) is 0.708. The predicted octanol–water partition coefficient (Wildman–Crippen LogP) is 3.34. The van der Waals surface area contributed by atoms with Gasteiger partial charge in [0, 0.05) is 13.0 Å². The van der Waals surface area contributed by atoms with Crippen LogP contribution in [0.4, 0.5) is 0 Å². The minimum absolute atomic E-state index is 0.233. The highest BCUT2D eigenvalue weighted by atomic mass is 16.5. The Labute approximate surface area is 129 Å². The molecule has 1 aromatic rings. The Morgan fingerprint density at radius 2 is 2.05 bits per heavy atom. The van der Waals surface area contributed by atoms with E-state index >= 15 is 0 Å². The number of hydrogen-bond acceptors (Lipinski definition) is 3. The third kappa shape index (κ3) is 4.80. The third-order valence-electron chi connectivity index (χ3n) is 3.81. The van der Waals surface area contributed by atoms with Crippen LogP contribution in [-0.4, -0.2) is 32.5 Å². The first-order valence-electron chi connectivity index (χ1n) is 8.23. The molecule has 21 heavy (non-hydrogen) atoms. The molecular weight excluding hydrogens is 262 g/mol. The number of benzene rings is 1. The Balaban J connectivity index is 1.84. The molecule has 0 fully saturated rings. The standard InChI is InChI=1S/C18H29NO2/c1-4-9-19-18-16-8-6-5-7-15(16)12-17(18)21-11-10-20-13-14(2)3/h5-8,14,17-19H,4,9-13H2,1-3H3. The second-order valence-electron chi connectivity index (χ2n) is 6.21. The first-order chi connectivity index (χ1) is 10.2. The summed E-state index contributed by atoms with van der Waals surface area (Å²) in [5, 5.41) is 3.63. The summed E-state index contributed by atoms with van der Waals surface area (Å²) in [6.07, 6.45) is 2.38. The van der Waals surface area contributed by atoms with Crippen molar-refractivity contribution in [3.05, 3.63) is 35.4 Å². The summed E-state index contributed by atoms with van der Waals surface area (Å²) in [5.41, 5.74) is 2.82. The van der Waals surface area contributed by atoms with Gasteiger partial charge in [-0.2, -0.15) is 0 Å². The Bertz CT molecular complexity index is 419. The van der Waals surface area contributed by atoms with Crippen molar-refractivity contribution in [2.45, 2.75) is 45.8 Å². The smallest absolute Gasteiger partial charge is 0.0811 e. The zero-order chi connectivity index (χ0) is 15.1. The molecule has 0 amide bonds. The average Bonchev–Trinajstić information content (AvgIpc) is 2.82. The maximum Gasteiger partial charge on any atom is 0.0811 e. The molecule has 0 spiro atoms. The fourth-order valence-corrected chi connectivity index (χ4v) is 2.83. The van der Waals surface area contributed by atoms with Crippen molar-refractivity contribution < 1.29 is 9.47 Å². The van der Waals surface area contributed by atoms with Gasteiger partial charge in [-0.1, -0.05) is 45.0 Å². The van der Waals surface area contributed by atoms with E-state index < -0.39 is 0 Å². The van der Waals surface area contributed by atoms with E-state index in [9.17, 15) is 0 Å². The number of hydrogen-bond donors (Lipinski definition) is 1. The lowest BCUT2D eigenvalue weighted by Gasteiger charge is -2.22. The fourth-order valence-electron chi connectivity index (χ4n) is 2.83. The van der Waals surface area contributed by atoms with Gasteiger partial charge in [-0.25, -0.2) is 0 Å². The van der Waals surface area contributed by atoms with Crippen LogP contribution in [0.1, 0.15) is 44.4 Å². The van der Waals surface area contributed by atoms with Gasteiger partial charge in [-0.05, 0) is 30.0 Å². The molecule has 1 aliphatic carbocycles. The summed E-state index contributed by atoms with van der Waals surface area (Å²) in [5.74, 6) is 0.583. The van der Waals surface area contributed by atoms with Gasteiger partial charge in [0.25, 0.3) is 0 Å². The molecule has 1 aliphatic rings. The van der Waals surface area contributed by atoms with Crippen LogP contribution < -0.4 is 5.32 Å². The van der Waals surface area contributed by atoms with E-state index in [2.05, 4.69) is 50.4 Å². The van der Waals surface area contributed by atoms with Crippen LogP contribution in [0.5, 0.6) is 0 Å². The van der Waals surface area contributed by atoms with Crippen molar-refractivity contribution in [1.82, 2.24) is 5.32 Å². The van der Waals surface area contributed by atoms with Crippen LogP contribution in [0.15, 0.2) is 24.3 Å². The van der Waals surface area contributed by atoms with Crippen LogP contribution in [-0.2, 0) is 15.9 Å². The number of nitrogens with one attached hydrogen (secondary N) is 1. The molecule has 2 atom stereocenters.